The minimum atomic E-state index is -4.00. The van der Waals surface area contributed by atoms with E-state index in [1.165, 1.54) is 0 Å². The van der Waals surface area contributed by atoms with Crippen LogP contribution in [0.1, 0.15) is 46.5 Å². The lowest BCUT2D eigenvalue weighted by Crippen LogP contribution is -2.53. The zero-order valence-corrected chi connectivity index (χ0v) is 12.3. The Labute approximate surface area is 114 Å². The van der Waals surface area contributed by atoms with Crippen molar-refractivity contribution in [2.24, 2.45) is 5.92 Å². The monoisotopic (exact) mass is 280 g/mol. The Hall–Kier alpha value is -0.290. The highest BCUT2D eigenvalue weighted by molar-refractivity contribution is 4.88. The van der Waals surface area contributed by atoms with Crippen LogP contribution in [0.3, 0.4) is 0 Å². The zero-order valence-electron chi connectivity index (χ0n) is 12.3. The van der Waals surface area contributed by atoms with Crippen molar-refractivity contribution in [3.05, 3.63) is 0 Å². The molecule has 0 aromatic heterocycles. The molecular weight excluding hydrogens is 253 g/mol. The van der Waals surface area contributed by atoms with E-state index in [4.69, 9.17) is 0 Å². The summed E-state index contributed by atoms with van der Waals surface area (Å²) in [5, 5.41) is 3.50. The molecule has 5 heteroatoms. The molecule has 1 rings (SSSR count). The van der Waals surface area contributed by atoms with Gasteiger partial charge in [0.25, 0.3) is 0 Å². The highest BCUT2D eigenvalue weighted by Crippen LogP contribution is 2.25. The average molecular weight is 280 g/mol. The van der Waals surface area contributed by atoms with E-state index in [-0.39, 0.29) is 6.42 Å². The predicted molar refractivity (Wildman–Crippen MR) is 72.2 cm³/mol. The second-order valence-electron chi connectivity index (χ2n) is 5.66. The van der Waals surface area contributed by atoms with Gasteiger partial charge in [-0.25, -0.2) is 0 Å². The van der Waals surface area contributed by atoms with Crippen molar-refractivity contribution >= 4 is 0 Å². The molecular formula is C14H27F3N2. The van der Waals surface area contributed by atoms with Gasteiger partial charge in [0.1, 0.15) is 0 Å². The number of halogens is 3. The van der Waals surface area contributed by atoms with Gasteiger partial charge < -0.3 is 10.2 Å². The van der Waals surface area contributed by atoms with Crippen LogP contribution in [0.25, 0.3) is 0 Å². The highest BCUT2D eigenvalue weighted by Gasteiger charge is 2.31. The third-order valence-corrected chi connectivity index (χ3v) is 4.32. The molecule has 1 fully saturated rings. The quantitative estimate of drug-likeness (QED) is 0.750. The third-order valence-electron chi connectivity index (χ3n) is 4.32. The number of hydrogen-bond donors (Lipinski definition) is 1. The number of nitrogens with zero attached hydrogens (tertiary/aromatic N) is 1. The molecule has 0 aliphatic carbocycles. The molecule has 0 radical (unpaired) electrons. The molecule has 0 aromatic carbocycles. The van der Waals surface area contributed by atoms with Gasteiger partial charge in [-0.15, -0.1) is 0 Å². The lowest BCUT2D eigenvalue weighted by atomic mass is 9.87. The molecule has 0 bridgehead atoms. The molecule has 1 aliphatic rings. The summed E-state index contributed by atoms with van der Waals surface area (Å²) in [6.45, 7) is 9.31. The number of nitrogens with one attached hydrogen (secondary N) is 1. The van der Waals surface area contributed by atoms with Crippen LogP contribution >= 0.6 is 0 Å². The fourth-order valence-corrected chi connectivity index (χ4v) is 2.95. The van der Waals surface area contributed by atoms with Crippen molar-refractivity contribution in [1.29, 1.82) is 0 Å². The summed E-state index contributed by atoms with van der Waals surface area (Å²) in [6, 6.07) is 0.995. The summed E-state index contributed by atoms with van der Waals surface area (Å²) < 4.78 is 36.2. The molecule has 3 unspecified atom stereocenters. The van der Waals surface area contributed by atoms with Crippen LogP contribution in [-0.4, -0.2) is 42.8 Å². The number of hydrogen-bond acceptors (Lipinski definition) is 2. The summed E-state index contributed by atoms with van der Waals surface area (Å²) in [5.41, 5.74) is 0. The molecule has 3 atom stereocenters. The first-order chi connectivity index (χ1) is 8.85. The molecule has 0 aromatic rings. The van der Waals surface area contributed by atoms with Crippen molar-refractivity contribution in [3.63, 3.8) is 0 Å². The molecule has 114 valence electrons. The molecule has 1 heterocycles. The van der Waals surface area contributed by atoms with Gasteiger partial charge in [-0.05, 0) is 51.7 Å². The van der Waals surface area contributed by atoms with E-state index in [1.807, 2.05) is 0 Å². The maximum absolute atomic E-state index is 12.1. The molecule has 1 saturated heterocycles. The number of piperidine rings is 1. The van der Waals surface area contributed by atoms with Gasteiger partial charge in [0, 0.05) is 18.5 Å². The molecule has 19 heavy (non-hydrogen) atoms. The van der Waals surface area contributed by atoms with Crippen molar-refractivity contribution in [2.75, 3.05) is 19.6 Å². The van der Waals surface area contributed by atoms with Crippen LogP contribution in [0.4, 0.5) is 13.2 Å². The Kier molecular flexibility index (Phi) is 6.60. The first-order valence-electron chi connectivity index (χ1n) is 7.39. The Morgan fingerprint density at radius 3 is 2.47 bits per heavy atom. The van der Waals surface area contributed by atoms with Crippen molar-refractivity contribution in [2.45, 2.75) is 64.7 Å². The van der Waals surface area contributed by atoms with Crippen LogP contribution in [0.2, 0.25) is 0 Å². The number of likely N-dealkylation sites (tertiary alicyclic amines) is 1. The summed E-state index contributed by atoms with van der Waals surface area (Å²) in [5.74, 6) is 0.552. The summed E-state index contributed by atoms with van der Waals surface area (Å²) in [7, 11) is 0. The van der Waals surface area contributed by atoms with E-state index in [1.54, 1.807) is 0 Å². The molecule has 0 amide bonds. The van der Waals surface area contributed by atoms with Gasteiger partial charge in [-0.1, -0.05) is 13.8 Å². The summed E-state index contributed by atoms with van der Waals surface area (Å²) >= 11 is 0. The van der Waals surface area contributed by atoms with Gasteiger partial charge in [0.2, 0.25) is 0 Å². The molecule has 2 nitrogen and oxygen atoms in total. The Morgan fingerprint density at radius 1 is 1.21 bits per heavy atom. The van der Waals surface area contributed by atoms with Gasteiger partial charge in [-0.3, -0.25) is 0 Å². The third kappa shape index (κ3) is 5.69. The first-order valence-corrected chi connectivity index (χ1v) is 7.39. The maximum Gasteiger partial charge on any atom is 0.389 e. The lowest BCUT2D eigenvalue weighted by Gasteiger charge is -2.43. The standard InChI is InChI=1S/C14H27F3N2/c1-4-18-13-7-10-19(12(3)11(13)2)9-6-5-8-14(15,16)17/h11-13,18H,4-10H2,1-3H3. The minimum absolute atomic E-state index is 0.248. The van der Waals surface area contributed by atoms with Crippen LogP contribution in [0.5, 0.6) is 0 Å². The molecule has 1 N–H and O–H groups in total. The van der Waals surface area contributed by atoms with Crippen LogP contribution in [-0.2, 0) is 0 Å². The number of alkyl halides is 3. The Morgan fingerprint density at radius 2 is 1.89 bits per heavy atom. The van der Waals surface area contributed by atoms with Crippen molar-refractivity contribution in [1.82, 2.24) is 10.2 Å². The van der Waals surface area contributed by atoms with Crippen molar-refractivity contribution in [3.8, 4) is 0 Å². The smallest absolute Gasteiger partial charge is 0.314 e. The van der Waals surface area contributed by atoms with E-state index in [9.17, 15) is 13.2 Å². The molecule has 1 aliphatic heterocycles. The SMILES string of the molecule is CCNC1CCN(CCCCC(F)(F)F)C(C)C1C. The average Bonchev–Trinajstić information content (AvgIpc) is 2.32. The first kappa shape index (κ1) is 16.8. The van der Waals surface area contributed by atoms with E-state index in [2.05, 4.69) is 31.0 Å². The van der Waals surface area contributed by atoms with Gasteiger partial charge in [0.15, 0.2) is 0 Å². The van der Waals surface area contributed by atoms with Crippen LogP contribution < -0.4 is 5.32 Å². The summed E-state index contributed by atoms with van der Waals surface area (Å²) in [4.78, 5) is 2.34. The van der Waals surface area contributed by atoms with Crippen LogP contribution in [0.15, 0.2) is 0 Å². The topological polar surface area (TPSA) is 15.3 Å². The predicted octanol–water partition coefficient (Wildman–Crippen LogP) is 3.43. The minimum Gasteiger partial charge on any atom is -0.314 e. The van der Waals surface area contributed by atoms with E-state index in [0.717, 1.165) is 26.1 Å². The van der Waals surface area contributed by atoms with E-state index >= 15 is 0 Å². The highest BCUT2D eigenvalue weighted by atomic mass is 19.4. The second-order valence-corrected chi connectivity index (χ2v) is 5.66. The van der Waals surface area contributed by atoms with Crippen LogP contribution in [0, 0.1) is 5.92 Å². The Bertz CT molecular complexity index is 256. The second kappa shape index (κ2) is 7.48. The zero-order chi connectivity index (χ0) is 14.5. The fraction of sp³-hybridized carbons (Fsp3) is 1.00. The summed E-state index contributed by atoms with van der Waals surface area (Å²) in [6.07, 6.45) is -2.67. The Balaban J connectivity index is 2.28. The lowest BCUT2D eigenvalue weighted by molar-refractivity contribution is -0.135. The molecule has 0 saturated carbocycles. The maximum atomic E-state index is 12.1. The fourth-order valence-electron chi connectivity index (χ4n) is 2.95. The van der Waals surface area contributed by atoms with Gasteiger partial charge in [0.05, 0.1) is 0 Å². The number of unbranched alkanes of at least 4 members (excludes halogenated alkanes) is 1. The number of rotatable bonds is 6. The normalized spacial score (nSPS) is 29.7. The molecule has 0 spiro atoms. The van der Waals surface area contributed by atoms with E-state index < -0.39 is 12.6 Å². The largest absolute Gasteiger partial charge is 0.389 e. The van der Waals surface area contributed by atoms with Crippen molar-refractivity contribution < 1.29 is 13.2 Å². The van der Waals surface area contributed by atoms with E-state index in [0.29, 0.717) is 24.4 Å². The van der Waals surface area contributed by atoms with Gasteiger partial charge in [-0.2, -0.15) is 13.2 Å². The van der Waals surface area contributed by atoms with Gasteiger partial charge >= 0.3 is 6.18 Å².